The summed E-state index contributed by atoms with van der Waals surface area (Å²) in [7, 11) is 0. The summed E-state index contributed by atoms with van der Waals surface area (Å²) in [6.07, 6.45) is 2.18. The van der Waals surface area contributed by atoms with Crippen LogP contribution in [-0.2, 0) is 4.79 Å². The second-order valence-corrected chi connectivity index (χ2v) is 6.27. The first-order chi connectivity index (χ1) is 10.6. The molecule has 0 bridgehead atoms. The molecule has 1 aromatic rings. The van der Waals surface area contributed by atoms with Gasteiger partial charge < -0.3 is 15.5 Å². The molecule has 2 amide bonds. The van der Waals surface area contributed by atoms with Gasteiger partial charge in [0.05, 0.1) is 0 Å². The number of likely N-dealkylation sites (tertiary alicyclic amines) is 1. The predicted molar refractivity (Wildman–Crippen MR) is 85.7 cm³/mol. The molecule has 0 aliphatic carbocycles. The fourth-order valence-corrected chi connectivity index (χ4v) is 2.93. The summed E-state index contributed by atoms with van der Waals surface area (Å²) in [5, 5.41) is 6.12. The molecule has 1 atom stereocenters. The molecule has 0 spiro atoms. The van der Waals surface area contributed by atoms with Crippen molar-refractivity contribution in [3.05, 3.63) is 29.8 Å². The Morgan fingerprint density at radius 3 is 2.36 bits per heavy atom. The lowest BCUT2D eigenvalue weighted by molar-refractivity contribution is -0.121. The van der Waals surface area contributed by atoms with Crippen molar-refractivity contribution in [1.82, 2.24) is 10.2 Å². The van der Waals surface area contributed by atoms with E-state index in [4.69, 9.17) is 0 Å². The molecule has 3 rings (SSSR count). The maximum absolute atomic E-state index is 12.3. The number of hydrogen-bond donors (Lipinski definition) is 2. The third kappa shape index (κ3) is 3.14. The van der Waals surface area contributed by atoms with E-state index in [9.17, 15) is 9.59 Å². The van der Waals surface area contributed by atoms with Crippen LogP contribution in [0, 0.1) is 11.8 Å². The molecular formula is C17H23N3O2. The Labute approximate surface area is 131 Å². The van der Waals surface area contributed by atoms with Crippen LogP contribution in [-0.4, -0.2) is 42.9 Å². The standard InChI is InChI=1S/C17H23N3O2/c1-12(14-10-18-11-14)16(21)19-15-6-4-13(5-7-15)17(22)20-8-2-3-9-20/h4-7,12,14,18H,2-3,8-11H2,1H3,(H,19,21). The van der Waals surface area contributed by atoms with Crippen molar-refractivity contribution in [2.45, 2.75) is 19.8 Å². The molecule has 2 N–H and O–H groups in total. The normalized spacial score (nSPS) is 19.6. The Hall–Kier alpha value is -1.88. The average molecular weight is 301 g/mol. The van der Waals surface area contributed by atoms with Gasteiger partial charge in [-0.1, -0.05) is 6.92 Å². The first-order valence-corrected chi connectivity index (χ1v) is 8.06. The molecule has 0 aromatic heterocycles. The molecule has 5 heteroatoms. The van der Waals surface area contributed by atoms with Crippen molar-refractivity contribution in [2.24, 2.45) is 11.8 Å². The molecule has 1 aromatic carbocycles. The number of carbonyl (C=O) groups is 2. The van der Waals surface area contributed by atoms with Crippen molar-refractivity contribution in [2.75, 3.05) is 31.5 Å². The van der Waals surface area contributed by atoms with Crippen LogP contribution >= 0.6 is 0 Å². The lowest BCUT2D eigenvalue weighted by atomic mass is 9.88. The molecule has 2 saturated heterocycles. The fraction of sp³-hybridized carbons (Fsp3) is 0.529. The zero-order valence-corrected chi connectivity index (χ0v) is 13.0. The summed E-state index contributed by atoms with van der Waals surface area (Å²) < 4.78 is 0. The quantitative estimate of drug-likeness (QED) is 0.890. The molecule has 2 aliphatic rings. The van der Waals surface area contributed by atoms with Gasteiger partial charge in [-0.25, -0.2) is 0 Å². The van der Waals surface area contributed by atoms with Gasteiger partial charge in [0, 0.05) is 30.3 Å². The number of amides is 2. The van der Waals surface area contributed by atoms with Crippen molar-refractivity contribution >= 4 is 17.5 Å². The predicted octanol–water partition coefficient (Wildman–Crippen LogP) is 1.72. The van der Waals surface area contributed by atoms with Crippen LogP contribution in [0.4, 0.5) is 5.69 Å². The highest BCUT2D eigenvalue weighted by atomic mass is 16.2. The summed E-state index contributed by atoms with van der Waals surface area (Å²) in [4.78, 5) is 26.3. The molecule has 2 heterocycles. The van der Waals surface area contributed by atoms with E-state index in [1.165, 1.54) is 0 Å². The first kappa shape index (κ1) is 15.0. The van der Waals surface area contributed by atoms with E-state index >= 15 is 0 Å². The van der Waals surface area contributed by atoms with E-state index in [2.05, 4.69) is 10.6 Å². The van der Waals surface area contributed by atoms with Gasteiger partial charge in [-0.2, -0.15) is 0 Å². The smallest absolute Gasteiger partial charge is 0.253 e. The fourth-order valence-electron chi connectivity index (χ4n) is 2.93. The van der Waals surface area contributed by atoms with Gasteiger partial charge in [0.1, 0.15) is 0 Å². The highest BCUT2D eigenvalue weighted by Crippen LogP contribution is 2.19. The topological polar surface area (TPSA) is 61.4 Å². The SMILES string of the molecule is CC(C(=O)Nc1ccc(C(=O)N2CCCC2)cc1)C1CNC1. The Bertz CT molecular complexity index is 546. The third-order valence-corrected chi connectivity index (χ3v) is 4.73. The largest absolute Gasteiger partial charge is 0.339 e. The Morgan fingerprint density at radius 2 is 1.82 bits per heavy atom. The average Bonchev–Trinajstić information content (AvgIpc) is 2.99. The minimum atomic E-state index is 0.00663. The minimum absolute atomic E-state index is 0.00663. The molecule has 2 aliphatic heterocycles. The zero-order valence-electron chi connectivity index (χ0n) is 13.0. The van der Waals surface area contributed by atoms with Crippen LogP contribution in [0.1, 0.15) is 30.1 Å². The van der Waals surface area contributed by atoms with Crippen LogP contribution in [0.5, 0.6) is 0 Å². The molecule has 0 radical (unpaired) electrons. The van der Waals surface area contributed by atoms with Crippen LogP contribution < -0.4 is 10.6 Å². The van der Waals surface area contributed by atoms with Crippen LogP contribution in [0.2, 0.25) is 0 Å². The monoisotopic (exact) mass is 301 g/mol. The van der Waals surface area contributed by atoms with Crippen molar-refractivity contribution in [1.29, 1.82) is 0 Å². The maximum Gasteiger partial charge on any atom is 0.253 e. The third-order valence-electron chi connectivity index (χ3n) is 4.73. The van der Waals surface area contributed by atoms with Crippen molar-refractivity contribution in [3.8, 4) is 0 Å². The Morgan fingerprint density at radius 1 is 1.18 bits per heavy atom. The van der Waals surface area contributed by atoms with E-state index in [1.54, 1.807) is 12.1 Å². The molecular weight excluding hydrogens is 278 g/mol. The number of benzene rings is 1. The molecule has 0 saturated carbocycles. The van der Waals surface area contributed by atoms with Crippen molar-refractivity contribution in [3.63, 3.8) is 0 Å². The Kier molecular flexibility index (Phi) is 4.43. The van der Waals surface area contributed by atoms with E-state index in [0.717, 1.165) is 44.7 Å². The van der Waals surface area contributed by atoms with Crippen LogP contribution in [0.25, 0.3) is 0 Å². The second-order valence-electron chi connectivity index (χ2n) is 6.27. The summed E-state index contributed by atoms with van der Waals surface area (Å²) in [5.74, 6) is 0.567. The van der Waals surface area contributed by atoms with Gasteiger partial charge in [0.2, 0.25) is 5.91 Å². The van der Waals surface area contributed by atoms with E-state index in [-0.39, 0.29) is 17.7 Å². The van der Waals surface area contributed by atoms with E-state index in [1.807, 2.05) is 24.0 Å². The van der Waals surface area contributed by atoms with Gasteiger partial charge in [-0.3, -0.25) is 9.59 Å². The van der Waals surface area contributed by atoms with Crippen LogP contribution in [0.3, 0.4) is 0 Å². The summed E-state index contributed by atoms with van der Waals surface area (Å²) >= 11 is 0. The number of carbonyl (C=O) groups excluding carboxylic acids is 2. The summed E-state index contributed by atoms with van der Waals surface area (Å²) in [6.45, 7) is 5.50. The zero-order chi connectivity index (χ0) is 15.5. The van der Waals surface area contributed by atoms with Crippen molar-refractivity contribution < 1.29 is 9.59 Å². The lowest BCUT2D eigenvalue weighted by Gasteiger charge is -2.31. The lowest BCUT2D eigenvalue weighted by Crippen LogP contribution is -2.48. The maximum atomic E-state index is 12.3. The Balaban J connectivity index is 1.58. The van der Waals surface area contributed by atoms with Gasteiger partial charge in [0.15, 0.2) is 0 Å². The van der Waals surface area contributed by atoms with Gasteiger partial charge in [-0.05, 0) is 56.1 Å². The second kappa shape index (κ2) is 6.48. The number of rotatable bonds is 4. The number of nitrogens with zero attached hydrogens (tertiary/aromatic N) is 1. The first-order valence-electron chi connectivity index (χ1n) is 8.06. The number of hydrogen-bond acceptors (Lipinski definition) is 3. The minimum Gasteiger partial charge on any atom is -0.339 e. The highest BCUT2D eigenvalue weighted by Gasteiger charge is 2.28. The van der Waals surface area contributed by atoms with Gasteiger partial charge in [-0.15, -0.1) is 0 Å². The molecule has 1 unspecified atom stereocenters. The number of anilines is 1. The molecule has 118 valence electrons. The van der Waals surface area contributed by atoms with Crippen LogP contribution in [0.15, 0.2) is 24.3 Å². The molecule has 5 nitrogen and oxygen atoms in total. The number of nitrogens with one attached hydrogen (secondary N) is 2. The van der Waals surface area contributed by atoms with E-state index < -0.39 is 0 Å². The highest BCUT2D eigenvalue weighted by molar-refractivity contribution is 5.96. The molecule has 22 heavy (non-hydrogen) atoms. The molecule has 2 fully saturated rings. The van der Waals surface area contributed by atoms with Gasteiger partial charge in [0.25, 0.3) is 5.91 Å². The summed E-state index contributed by atoms with van der Waals surface area (Å²) in [5.41, 5.74) is 1.44. The van der Waals surface area contributed by atoms with E-state index in [0.29, 0.717) is 11.5 Å². The summed E-state index contributed by atoms with van der Waals surface area (Å²) in [6, 6.07) is 7.22. The van der Waals surface area contributed by atoms with Gasteiger partial charge >= 0.3 is 0 Å².